The summed E-state index contributed by atoms with van der Waals surface area (Å²) in [5.41, 5.74) is 1.98. The molecule has 0 radical (unpaired) electrons. The number of amides is 1. The van der Waals surface area contributed by atoms with Crippen LogP contribution in [0.3, 0.4) is 0 Å². The Hall–Kier alpha value is -3.09. The number of halogens is 1. The largest absolute Gasteiger partial charge is 0.507 e. The number of hydrogen-bond acceptors (Lipinski definition) is 5. The molecule has 2 heterocycles. The molecule has 1 N–H and O–H groups in total. The molecule has 1 fully saturated rings. The predicted octanol–water partition coefficient (Wildman–Crippen LogP) is 5.34. The number of aliphatic hydroxyl groups is 1. The van der Waals surface area contributed by atoms with Crippen molar-refractivity contribution in [3.05, 3.63) is 92.1 Å². The van der Waals surface area contributed by atoms with Gasteiger partial charge in [-0.25, -0.2) is 0 Å². The first kappa shape index (κ1) is 21.2. The predicted molar refractivity (Wildman–Crippen MR) is 121 cm³/mol. The van der Waals surface area contributed by atoms with Gasteiger partial charge in [-0.3, -0.25) is 9.59 Å². The van der Waals surface area contributed by atoms with E-state index in [1.165, 1.54) is 16.2 Å². The molecule has 5 nitrogen and oxygen atoms in total. The summed E-state index contributed by atoms with van der Waals surface area (Å²) >= 11 is 7.56. The summed E-state index contributed by atoms with van der Waals surface area (Å²) in [6.45, 7) is 2.09. The molecule has 7 heteroatoms. The van der Waals surface area contributed by atoms with E-state index in [-0.39, 0.29) is 17.9 Å². The van der Waals surface area contributed by atoms with Gasteiger partial charge in [0.1, 0.15) is 11.5 Å². The van der Waals surface area contributed by atoms with Crippen molar-refractivity contribution in [1.29, 1.82) is 0 Å². The van der Waals surface area contributed by atoms with Crippen LogP contribution in [0, 0.1) is 6.92 Å². The number of ether oxygens (including phenoxy) is 1. The molecule has 1 saturated heterocycles. The van der Waals surface area contributed by atoms with Gasteiger partial charge in [-0.05, 0) is 59.8 Å². The molecule has 2 aromatic carbocycles. The summed E-state index contributed by atoms with van der Waals surface area (Å²) < 4.78 is 5.23. The highest BCUT2D eigenvalue weighted by Gasteiger charge is 2.46. The number of aliphatic hydroxyl groups excluding tert-OH is 1. The van der Waals surface area contributed by atoms with Crippen molar-refractivity contribution >= 4 is 40.4 Å². The molecule has 3 aromatic rings. The topological polar surface area (TPSA) is 66.8 Å². The Morgan fingerprint density at radius 3 is 2.52 bits per heavy atom. The molecule has 1 amide bonds. The lowest BCUT2D eigenvalue weighted by atomic mass is 9.94. The van der Waals surface area contributed by atoms with Gasteiger partial charge in [0.2, 0.25) is 0 Å². The molecule has 31 heavy (non-hydrogen) atoms. The van der Waals surface area contributed by atoms with Gasteiger partial charge in [-0.2, -0.15) is 0 Å². The van der Waals surface area contributed by atoms with Crippen molar-refractivity contribution in [1.82, 2.24) is 4.90 Å². The Kier molecular flexibility index (Phi) is 5.85. The SMILES string of the molecule is COc1ccc(/C(O)=C2/C(=O)C(=O)N(Cc3cccs3)C2c2ccc(Cl)cc2)c(C)c1. The molecule has 1 unspecified atom stereocenters. The zero-order valence-corrected chi connectivity index (χ0v) is 18.5. The van der Waals surface area contributed by atoms with Gasteiger partial charge in [0.15, 0.2) is 0 Å². The third-order valence-electron chi connectivity index (χ3n) is 5.32. The number of aryl methyl sites for hydroxylation is 1. The number of methoxy groups -OCH3 is 1. The van der Waals surface area contributed by atoms with E-state index in [1.807, 2.05) is 24.4 Å². The van der Waals surface area contributed by atoms with E-state index < -0.39 is 17.7 Å². The first-order valence-corrected chi connectivity index (χ1v) is 10.9. The van der Waals surface area contributed by atoms with Gasteiger partial charge in [-0.15, -0.1) is 11.3 Å². The van der Waals surface area contributed by atoms with Crippen LogP contribution in [0.4, 0.5) is 0 Å². The Morgan fingerprint density at radius 2 is 1.90 bits per heavy atom. The molecular weight excluding hydrogens is 434 g/mol. The van der Waals surface area contributed by atoms with E-state index in [4.69, 9.17) is 16.3 Å². The number of rotatable bonds is 5. The Balaban J connectivity index is 1.87. The van der Waals surface area contributed by atoms with E-state index in [9.17, 15) is 14.7 Å². The molecule has 0 aliphatic carbocycles. The third-order valence-corrected chi connectivity index (χ3v) is 6.43. The van der Waals surface area contributed by atoms with E-state index in [0.717, 1.165) is 10.4 Å². The fraction of sp³-hybridized carbons (Fsp3) is 0.167. The van der Waals surface area contributed by atoms with Crippen LogP contribution < -0.4 is 4.74 Å². The molecule has 1 aliphatic heterocycles. The second kappa shape index (κ2) is 8.57. The third kappa shape index (κ3) is 3.96. The van der Waals surface area contributed by atoms with Crippen molar-refractivity contribution in [2.45, 2.75) is 19.5 Å². The number of ketones is 1. The molecule has 4 rings (SSSR count). The van der Waals surface area contributed by atoms with Crippen LogP contribution in [-0.4, -0.2) is 28.8 Å². The van der Waals surface area contributed by atoms with Crippen LogP contribution in [0.2, 0.25) is 5.02 Å². The Morgan fingerprint density at radius 1 is 1.16 bits per heavy atom. The summed E-state index contributed by atoms with van der Waals surface area (Å²) in [5.74, 6) is -0.904. The average Bonchev–Trinajstić information content (AvgIpc) is 3.36. The zero-order chi connectivity index (χ0) is 22.1. The normalized spacial score (nSPS) is 17.9. The number of thiophene rings is 1. The van der Waals surface area contributed by atoms with Gasteiger partial charge in [0.05, 0.1) is 25.3 Å². The number of carbonyl (C=O) groups is 2. The smallest absolute Gasteiger partial charge is 0.295 e. The highest BCUT2D eigenvalue weighted by atomic mass is 35.5. The molecule has 1 aromatic heterocycles. The Bertz CT molecular complexity index is 1170. The minimum atomic E-state index is -0.721. The standard InChI is InChI=1S/C24H20ClNO4S/c1-14-12-17(30-2)9-10-19(14)22(27)20-21(15-5-7-16(25)8-6-15)26(24(29)23(20)28)13-18-4-3-11-31-18/h3-12,21,27H,13H2,1-2H3/b22-20-. The zero-order valence-electron chi connectivity index (χ0n) is 17.0. The van der Waals surface area contributed by atoms with E-state index in [2.05, 4.69) is 0 Å². The van der Waals surface area contributed by atoms with E-state index >= 15 is 0 Å². The molecule has 1 atom stereocenters. The van der Waals surface area contributed by atoms with Gasteiger partial charge in [-0.1, -0.05) is 29.8 Å². The highest BCUT2D eigenvalue weighted by Crippen LogP contribution is 2.41. The van der Waals surface area contributed by atoms with Crippen LogP contribution in [0.15, 0.2) is 65.6 Å². The average molecular weight is 454 g/mol. The van der Waals surface area contributed by atoms with Crippen LogP contribution in [0.1, 0.15) is 27.6 Å². The molecule has 0 bridgehead atoms. The summed E-state index contributed by atoms with van der Waals surface area (Å²) in [4.78, 5) is 28.5. The fourth-order valence-electron chi connectivity index (χ4n) is 3.78. The van der Waals surface area contributed by atoms with Gasteiger partial charge in [0, 0.05) is 15.5 Å². The number of likely N-dealkylation sites (tertiary alicyclic amines) is 1. The maximum absolute atomic E-state index is 13.1. The Labute approximate surface area is 189 Å². The lowest BCUT2D eigenvalue weighted by Gasteiger charge is -2.25. The van der Waals surface area contributed by atoms with Gasteiger partial charge in [0.25, 0.3) is 11.7 Å². The molecular formula is C24H20ClNO4S. The second-order valence-corrected chi connectivity index (χ2v) is 8.71. The van der Waals surface area contributed by atoms with E-state index in [0.29, 0.717) is 21.9 Å². The van der Waals surface area contributed by atoms with Crippen molar-refractivity contribution in [3.63, 3.8) is 0 Å². The summed E-state index contributed by atoms with van der Waals surface area (Å²) in [5, 5.41) is 13.7. The lowest BCUT2D eigenvalue weighted by molar-refractivity contribution is -0.140. The maximum Gasteiger partial charge on any atom is 0.295 e. The van der Waals surface area contributed by atoms with Crippen molar-refractivity contribution in [2.24, 2.45) is 0 Å². The molecule has 0 saturated carbocycles. The monoisotopic (exact) mass is 453 g/mol. The summed E-state index contributed by atoms with van der Waals surface area (Å²) in [6.07, 6.45) is 0. The van der Waals surface area contributed by atoms with E-state index in [1.54, 1.807) is 49.6 Å². The fourth-order valence-corrected chi connectivity index (χ4v) is 4.61. The number of benzene rings is 2. The van der Waals surface area contributed by atoms with Crippen molar-refractivity contribution in [3.8, 4) is 5.75 Å². The number of Topliss-reactive ketones (excluding diaryl/α,β-unsaturated/α-hetero) is 1. The first-order valence-electron chi connectivity index (χ1n) is 9.62. The second-order valence-electron chi connectivity index (χ2n) is 7.24. The number of carbonyl (C=O) groups excluding carboxylic acids is 2. The summed E-state index contributed by atoms with van der Waals surface area (Å²) in [7, 11) is 1.56. The lowest BCUT2D eigenvalue weighted by Crippen LogP contribution is -2.28. The highest BCUT2D eigenvalue weighted by molar-refractivity contribution is 7.09. The van der Waals surface area contributed by atoms with Crippen LogP contribution >= 0.6 is 22.9 Å². The van der Waals surface area contributed by atoms with Gasteiger partial charge < -0.3 is 14.7 Å². The van der Waals surface area contributed by atoms with Crippen LogP contribution in [0.5, 0.6) is 5.75 Å². The number of hydrogen-bond donors (Lipinski definition) is 1. The minimum absolute atomic E-state index is 0.0668. The van der Waals surface area contributed by atoms with Crippen molar-refractivity contribution in [2.75, 3.05) is 7.11 Å². The van der Waals surface area contributed by atoms with Crippen LogP contribution in [-0.2, 0) is 16.1 Å². The quantitative estimate of drug-likeness (QED) is 0.321. The first-order chi connectivity index (χ1) is 14.9. The van der Waals surface area contributed by atoms with Crippen LogP contribution in [0.25, 0.3) is 5.76 Å². The molecule has 1 aliphatic rings. The maximum atomic E-state index is 13.1. The molecule has 0 spiro atoms. The summed E-state index contributed by atoms with van der Waals surface area (Å²) in [6, 6.07) is 15.2. The minimum Gasteiger partial charge on any atom is -0.507 e. The molecule has 158 valence electrons. The van der Waals surface area contributed by atoms with Crippen molar-refractivity contribution < 1.29 is 19.4 Å². The van der Waals surface area contributed by atoms with Gasteiger partial charge >= 0.3 is 0 Å². The number of nitrogens with zero attached hydrogens (tertiary/aromatic N) is 1.